The van der Waals surface area contributed by atoms with Gasteiger partial charge < -0.3 is 9.47 Å². The summed E-state index contributed by atoms with van der Waals surface area (Å²) in [6.07, 6.45) is 0. The van der Waals surface area contributed by atoms with Crippen LogP contribution >= 0.6 is 0 Å². The number of hydrogen-bond acceptors (Lipinski definition) is 4. The highest BCUT2D eigenvalue weighted by Gasteiger charge is 2.00. The zero-order valence-electron chi connectivity index (χ0n) is 8.80. The maximum Gasteiger partial charge on any atom is 0.337 e. The summed E-state index contributed by atoms with van der Waals surface area (Å²) >= 11 is 0. The van der Waals surface area contributed by atoms with Crippen molar-refractivity contribution in [1.82, 2.24) is 0 Å². The van der Waals surface area contributed by atoms with Gasteiger partial charge in [-0.05, 0) is 19.1 Å². The van der Waals surface area contributed by atoms with Crippen LogP contribution in [-0.4, -0.2) is 26.2 Å². The lowest BCUT2D eigenvalue weighted by molar-refractivity contribution is -0.128. The first-order chi connectivity index (χ1) is 7.26. The maximum absolute atomic E-state index is 10.8. The van der Waals surface area contributed by atoms with E-state index in [9.17, 15) is 9.59 Å². The standard InChI is InChI=1S/C8H8O2.C3H6O2/c1-10-8(9)7-5-3-2-4-6-7;1-2-5-3-4/h2-6H,1H3;3H,2H2,1H3. The fourth-order valence-corrected chi connectivity index (χ4v) is 0.760. The van der Waals surface area contributed by atoms with E-state index >= 15 is 0 Å². The minimum absolute atomic E-state index is 0.291. The van der Waals surface area contributed by atoms with E-state index in [0.717, 1.165) is 0 Å². The number of carbonyl (C=O) groups excluding carboxylic acids is 2. The molecule has 4 nitrogen and oxygen atoms in total. The third kappa shape index (κ3) is 6.26. The van der Waals surface area contributed by atoms with E-state index in [1.165, 1.54) is 7.11 Å². The van der Waals surface area contributed by atoms with Crippen molar-refractivity contribution in [2.24, 2.45) is 0 Å². The predicted octanol–water partition coefficient (Wildman–Crippen LogP) is 1.65. The Hall–Kier alpha value is -1.84. The first kappa shape index (κ1) is 13.2. The fourth-order valence-electron chi connectivity index (χ4n) is 0.760. The quantitative estimate of drug-likeness (QED) is 0.562. The van der Waals surface area contributed by atoms with E-state index < -0.39 is 0 Å². The molecule has 0 aliphatic heterocycles. The van der Waals surface area contributed by atoms with Crippen LogP contribution in [0.4, 0.5) is 0 Å². The number of hydrogen-bond donors (Lipinski definition) is 0. The molecule has 1 aromatic rings. The topological polar surface area (TPSA) is 52.6 Å². The highest BCUT2D eigenvalue weighted by atomic mass is 16.5. The number of methoxy groups -OCH3 is 1. The molecule has 1 rings (SSSR count). The van der Waals surface area contributed by atoms with Crippen molar-refractivity contribution in [2.75, 3.05) is 13.7 Å². The molecule has 0 saturated heterocycles. The molecule has 15 heavy (non-hydrogen) atoms. The first-order valence-corrected chi connectivity index (χ1v) is 4.44. The Kier molecular flexibility index (Phi) is 7.67. The van der Waals surface area contributed by atoms with Gasteiger partial charge in [-0.25, -0.2) is 4.79 Å². The summed E-state index contributed by atoms with van der Waals surface area (Å²) in [5, 5.41) is 0. The number of carbonyl (C=O) groups is 2. The summed E-state index contributed by atoms with van der Waals surface area (Å²) < 4.78 is 8.65. The van der Waals surface area contributed by atoms with Gasteiger partial charge in [0.15, 0.2) is 0 Å². The van der Waals surface area contributed by atoms with E-state index in [2.05, 4.69) is 9.47 Å². The maximum atomic E-state index is 10.8. The van der Waals surface area contributed by atoms with Gasteiger partial charge in [0.05, 0.1) is 19.3 Å². The molecule has 0 fully saturated rings. The smallest absolute Gasteiger partial charge is 0.337 e. The SMILES string of the molecule is CCOC=O.COC(=O)c1ccccc1. The molecule has 0 bridgehead atoms. The van der Waals surface area contributed by atoms with Gasteiger partial charge in [-0.3, -0.25) is 4.79 Å². The molecule has 0 heterocycles. The van der Waals surface area contributed by atoms with Crippen molar-refractivity contribution in [1.29, 1.82) is 0 Å². The van der Waals surface area contributed by atoms with Gasteiger partial charge in [-0.1, -0.05) is 18.2 Å². The Morgan fingerprint density at radius 2 is 1.93 bits per heavy atom. The van der Waals surface area contributed by atoms with Crippen LogP contribution < -0.4 is 0 Å². The molecule has 4 heteroatoms. The lowest BCUT2D eigenvalue weighted by Gasteiger charge is -1.95. The zero-order valence-corrected chi connectivity index (χ0v) is 8.80. The van der Waals surface area contributed by atoms with Crippen molar-refractivity contribution >= 4 is 12.4 Å². The van der Waals surface area contributed by atoms with Crippen molar-refractivity contribution < 1.29 is 19.1 Å². The predicted molar refractivity (Wildman–Crippen MR) is 55.5 cm³/mol. The lowest BCUT2D eigenvalue weighted by atomic mass is 10.2. The van der Waals surface area contributed by atoms with Crippen LogP contribution in [0.25, 0.3) is 0 Å². The average Bonchev–Trinajstić information content (AvgIpc) is 2.31. The molecule has 0 aromatic heterocycles. The second kappa shape index (κ2) is 8.74. The Labute approximate surface area is 88.8 Å². The van der Waals surface area contributed by atoms with Crippen LogP contribution in [-0.2, 0) is 14.3 Å². The van der Waals surface area contributed by atoms with Gasteiger partial charge in [-0.15, -0.1) is 0 Å². The Morgan fingerprint density at radius 3 is 2.27 bits per heavy atom. The van der Waals surface area contributed by atoms with Crippen LogP contribution in [0.15, 0.2) is 30.3 Å². The highest BCUT2D eigenvalue weighted by Crippen LogP contribution is 1.98. The van der Waals surface area contributed by atoms with Gasteiger partial charge >= 0.3 is 5.97 Å². The molecule has 0 spiro atoms. The van der Waals surface area contributed by atoms with E-state index in [4.69, 9.17) is 0 Å². The van der Waals surface area contributed by atoms with Crippen molar-refractivity contribution in [3.63, 3.8) is 0 Å². The summed E-state index contributed by atoms with van der Waals surface area (Å²) in [5.41, 5.74) is 0.588. The number of rotatable bonds is 3. The average molecular weight is 210 g/mol. The number of benzene rings is 1. The van der Waals surface area contributed by atoms with Gasteiger partial charge in [0.2, 0.25) is 0 Å². The molecular weight excluding hydrogens is 196 g/mol. The first-order valence-electron chi connectivity index (χ1n) is 4.44. The van der Waals surface area contributed by atoms with Crippen molar-refractivity contribution in [2.45, 2.75) is 6.92 Å². The zero-order chi connectivity index (χ0) is 11.5. The number of ether oxygens (including phenoxy) is 2. The molecule has 1 aromatic carbocycles. The lowest BCUT2D eigenvalue weighted by Crippen LogP contribution is -1.99. The van der Waals surface area contributed by atoms with Crippen molar-refractivity contribution in [3.05, 3.63) is 35.9 Å². The molecule has 0 atom stereocenters. The molecule has 0 saturated carbocycles. The van der Waals surface area contributed by atoms with Gasteiger partial charge in [0.1, 0.15) is 0 Å². The summed E-state index contributed by atoms with van der Waals surface area (Å²) in [6, 6.07) is 8.88. The van der Waals surface area contributed by atoms with E-state index in [1.54, 1.807) is 31.2 Å². The second-order valence-electron chi connectivity index (χ2n) is 2.41. The Bertz CT molecular complexity index is 282. The molecule has 0 aliphatic carbocycles. The largest absolute Gasteiger partial charge is 0.468 e. The van der Waals surface area contributed by atoms with E-state index in [1.807, 2.05) is 6.07 Å². The molecule has 0 amide bonds. The van der Waals surface area contributed by atoms with Crippen LogP contribution in [0.5, 0.6) is 0 Å². The third-order valence-corrected chi connectivity index (χ3v) is 1.43. The van der Waals surface area contributed by atoms with Crippen LogP contribution in [0, 0.1) is 0 Å². The van der Waals surface area contributed by atoms with E-state index in [0.29, 0.717) is 18.6 Å². The summed E-state index contributed by atoms with van der Waals surface area (Å²) in [7, 11) is 1.37. The highest BCUT2D eigenvalue weighted by molar-refractivity contribution is 5.89. The van der Waals surface area contributed by atoms with Gasteiger partial charge in [0, 0.05) is 0 Å². The Balaban J connectivity index is 0.000000336. The van der Waals surface area contributed by atoms with E-state index in [-0.39, 0.29) is 5.97 Å². The van der Waals surface area contributed by atoms with Crippen LogP contribution in [0.1, 0.15) is 17.3 Å². The molecular formula is C11H14O4. The minimum atomic E-state index is -0.291. The minimum Gasteiger partial charge on any atom is -0.468 e. The molecule has 0 radical (unpaired) electrons. The van der Waals surface area contributed by atoms with Gasteiger partial charge in [-0.2, -0.15) is 0 Å². The normalized spacial score (nSPS) is 8.13. The van der Waals surface area contributed by atoms with Gasteiger partial charge in [0.25, 0.3) is 6.47 Å². The molecule has 0 aliphatic rings. The summed E-state index contributed by atoms with van der Waals surface area (Å²) in [4.78, 5) is 20.0. The third-order valence-electron chi connectivity index (χ3n) is 1.43. The summed E-state index contributed by atoms with van der Waals surface area (Å²) in [5.74, 6) is -0.291. The summed E-state index contributed by atoms with van der Waals surface area (Å²) in [6.45, 7) is 2.66. The van der Waals surface area contributed by atoms with Crippen LogP contribution in [0.3, 0.4) is 0 Å². The molecule has 82 valence electrons. The van der Waals surface area contributed by atoms with Crippen molar-refractivity contribution in [3.8, 4) is 0 Å². The molecule has 0 N–H and O–H groups in total. The number of esters is 1. The monoisotopic (exact) mass is 210 g/mol. The molecule has 0 unspecified atom stereocenters. The van der Waals surface area contributed by atoms with Crippen LogP contribution in [0.2, 0.25) is 0 Å². The Morgan fingerprint density at radius 1 is 1.33 bits per heavy atom. The second-order valence-corrected chi connectivity index (χ2v) is 2.41. The fraction of sp³-hybridized carbons (Fsp3) is 0.273.